The Kier molecular flexibility index (Phi) is 5.07. The van der Waals surface area contributed by atoms with Crippen LogP contribution in [0.2, 0.25) is 0 Å². The SMILES string of the molecule is CCC(c1cccs1)N1CCNC(Cc2ccccc2)C1. The number of thiophene rings is 1. The lowest BCUT2D eigenvalue weighted by molar-refractivity contribution is 0.141. The van der Waals surface area contributed by atoms with Gasteiger partial charge in [0.2, 0.25) is 0 Å². The Hall–Kier alpha value is -1.16. The lowest BCUT2D eigenvalue weighted by Gasteiger charge is -2.38. The van der Waals surface area contributed by atoms with Crippen molar-refractivity contribution >= 4 is 11.3 Å². The summed E-state index contributed by atoms with van der Waals surface area (Å²) in [5.41, 5.74) is 1.43. The van der Waals surface area contributed by atoms with Gasteiger partial charge in [-0.25, -0.2) is 0 Å². The largest absolute Gasteiger partial charge is 0.311 e. The molecule has 1 aromatic heterocycles. The predicted molar refractivity (Wildman–Crippen MR) is 90.9 cm³/mol. The molecule has 2 unspecified atom stereocenters. The molecule has 1 fully saturated rings. The van der Waals surface area contributed by atoms with E-state index in [0.717, 1.165) is 26.1 Å². The van der Waals surface area contributed by atoms with Crippen molar-refractivity contribution in [3.8, 4) is 0 Å². The highest BCUT2D eigenvalue weighted by Crippen LogP contribution is 2.29. The quantitative estimate of drug-likeness (QED) is 0.905. The number of piperazine rings is 1. The summed E-state index contributed by atoms with van der Waals surface area (Å²) < 4.78 is 0. The van der Waals surface area contributed by atoms with Crippen molar-refractivity contribution in [3.05, 3.63) is 58.3 Å². The summed E-state index contributed by atoms with van der Waals surface area (Å²) in [6.45, 7) is 5.70. The Balaban J connectivity index is 1.65. The van der Waals surface area contributed by atoms with Crippen molar-refractivity contribution in [2.24, 2.45) is 0 Å². The Morgan fingerprint density at radius 1 is 1.24 bits per heavy atom. The molecule has 1 saturated heterocycles. The second-order valence-electron chi connectivity index (χ2n) is 5.78. The molecule has 3 heteroatoms. The van der Waals surface area contributed by atoms with Crippen LogP contribution in [0.15, 0.2) is 47.8 Å². The second kappa shape index (κ2) is 7.21. The number of hydrogen-bond donors (Lipinski definition) is 1. The number of rotatable bonds is 5. The Morgan fingerprint density at radius 2 is 2.10 bits per heavy atom. The van der Waals surface area contributed by atoms with Crippen LogP contribution in [0.5, 0.6) is 0 Å². The molecular formula is C18H24N2S. The molecule has 2 nitrogen and oxygen atoms in total. The van der Waals surface area contributed by atoms with Gasteiger partial charge in [0.1, 0.15) is 0 Å². The average Bonchev–Trinajstić information content (AvgIpc) is 3.04. The minimum atomic E-state index is 0.565. The fourth-order valence-corrected chi connectivity index (χ4v) is 4.23. The molecule has 0 bridgehead atoms. The molecule has 3 rings (SSSR count). The van der Waals surface area contributed by atoms with E-state index in [4.69, 9.17) is 0 Å². The van der Waals surface area contributed by atoms with Gasteiger partial charge >= 0.3 is 0 Å². The molecule has 1 aliphatic rings. The molecule has 2 atom stereocenters. The maximum atomic E-state index is 3.68. The van der Waals surface area contributed by atoms with E-state index in [1.165, 1.54) is 16.9 Å². The third-order valence-corrected chi connectivity index (χ3v) is 5.28. The van der Waals surface area contributed by atoms with E-state index < -0.39 is 0 Å². The van der Waals surface area contributed by atoms with Crippen LogP contribution in [-0.2, 0) is 6.42 Å². The highest BCUT2D eigenvalue weighted by Gasteiger charge is 2.26. The van der Waals surface area contributed by atoms with Crippen LogP contribution in [0.1, 0.15) is 29.8 Å². The van der Waals surface area contributed by atoms with Crippen molar-refractivity contribution < 1.29 is 0 Å². The van der Waals surface area contributed by atoms with Crippen molar-refractivity contribution in [2.75, 3.05) is 19.6 Å². The summed E-state index contributed by atoms with van der Waals surface area (Å²) in [4.78, 5) is 4.17. The van der Waals surface area contributed by atoms with Crippen molar-refractivity contribution in [2.45, 2.75) is 31.8 Å². The lowest BCUT2D eigenvalue weighted by atomic mass is 10.0. The Morgan fingerprint density at radius 3 is 2.81 bits per heavy atom. The van der Waals surface area contributed by atoms with Gasteiger partial charge in [0.05, 0.1) is 0 Å². The fraction of sp³-hybridized carbons (Fsp3) is 0.444. The molecule has 0 spiro atoms. The van der Waals surface area contributed by atoms with Crippen molar-refractivity contribution in [3.63, 3.8) is 0 Å². The summed E-state index contributed by atoms with van der Waals surface area (Å²) in [6.07, 6.45) is 2.32. The lowest BCUT2D eigenvalue weighted by Crippen LogP contribution is -2.52. The molecule has 1 N–H and O–H groups in total. The second-order valence-corrected chi connectivity index (χ2v) is 6.75. The zero-order valence-corrected chi connectivity index (χ0v) is 13.5. The molecule has 2 heterocycles. The minimum Gasteiger partial charge on any atom is -0.311 e. The molecule has 0 aliphatic carbocycles. The first-order chi connectivity index (χ1) is 10.4. The summed E-state index contributed by atoms with van der Waals surface area (Å²) in [6, 6.07) is 16.4. The van der Waals surface area contributed by atoms with Crippen LogP contribution in [0.3, 0.4) is 0 Å². The van der Waals surface area contributed by atoms with Gasteiger partial charge in [0, 0.05) is 36.6 Å². The minimum absolute atomic E-state index is 0.565. The van der Waals surface area contributed by atoms with E-state index in [9.17, 15) is 0 Å². The van der Waals surface area contributed by atoms with E-state index in [-0.39, 0.29) is 0 Å². The van der Waals surface area contributed by atoms with Crippen molar-refractivity contribution in [1.82, 2.24) is 10.2 Å². The third kappa shape index (κ3) is 3.73. The van der Waals surface area contributed by atoms with Crippen molar-refractivity contribution in [1.29, 1.82) is 0 Å². The van der Waals surface area contributed by atoms with E-state index in [1.807, 2.05) is 11.3 Å². The normalized spacial score (nSPS) is 21.3. The first kappa shape index (κ1) is 14.8. The molecule has 0 radical (unpaired) electrons. The Labute approximate surface area is 131 Å². The van der Waals surface area contributed by atoms with Gasteiger partial charge in [0.25, 0.3) is 0 Å². The molecule has 0 saturated carbocycles. The zero-order chi connectivity index (χ0) is 14.5. The molecule has 1 aliphatic heterocycles. The third-order valence-electron chi connectivity index (χ3n) is 4.31. The van der Waals surface area contributed by atoms with Gasteiger partial charge in [-0.05, 0) is 29.9 Å². The van der Waals surface area contributed by atoms with Gasteiger partial charge < -0.3 is 5.32 Å². The van der Waals surface area contributed by atoms with Gasteiger partial charge in [-0.15, -0.1) is 11.3 Å². The highest BCUT2D eigenvalue weighted by molar-refractivity contribution is 7.10. The van der Waals surface area contributed by atoms with Crippen LogP contribution >= 0.6 is 11.3 Å². The standard InChI is InChI=1S/C18H24N2S/c1-2-17(18-9-6-12-21-18)20-11-10-19-16(14-20)13-15-7-4-3-5-8-15/h3-9,12,16-17,19H,2,10-11,13-14H2,1H3. The maximum absolute atomic E-state index is 3.68. The molecule has 21 heavy (non-hydrogen) atoms. The number of nitrogens with zero attached hydrogens (tertiary/aromatic N) is 1. The Bertz CT molecular complexity index is 523. The molecule has 1 aromatic carbocycles. The van der Waals surface area contributed by atoms with Gasteiger partial charge in [-0.3, -0.25) is 4.90 Å². The molecular weight excluding hydrogens is 276 g/mol. The maximum Gasteiger partial charge on any atom is 0.0440 e. The average molecular weight is 300 g/mol. The van der Waals surface area contributed by atoms with Gasteiger partial charge in [0.15, 0.2) is 0 Å². The van der Waals surface area contributed by atoms with Crippen LogP contribution < -0.4 is 5.32 Å². The summed E-state index contributed by atoms with van der Waals surface area (Å²) in [5.74, 6) is 0. The predicted octanol–water partition coefficient (Wildman–Crippen LogP) is 3.72. The zero-order valence-electron chi connectivity index (χ0n) is 12.7. The summed E-state index contributed by atoms with van der Waals surface area (Å²) >= 11 is 1.89. The van der Waals surface area contributed by atoms with E-state index in [0.29, 0.717) is 12.1 Å². The molecule has 0 amide bonds. The van der Waals surface area contributed by atoms with Gasteiger partial charge in [-0.1, -0.05) is 43.3 Å². The molecule has 2 aromatic rings. The topological polar surface area (TPSA) is 15.3 Å². The highest BCUT2D eigenvalue weighted by atomic mass is 32.1. The summed E-state index contributed by atoms with van der Waals surface area (Å²) in [5, 5.41) is 5.88. The fourth-order valence-electron chi connectivity index (χ4n) is 3.29. The molecule has 112 valence electrons. The van der Waals surface area contributed by atoms with E-state index in [2.05, 4.69) is 65.0 Å². The van der Waals surface area contributed by atoms with Crippen LogP contribution in [0.25, 0.3) is 0 Å². The van der Waals surface area contributed by atoms with Crippen LogP contribution in [0, 0.1) is 0 Å². The van der Waals surface area contributed by atoms with Crippen LogP contribution in [-0.4, -0.2) is 30.6 Å². The first-order valence-electron chi connectivity index (χ1n) is 7.91. The first-order valence-corrected chi connectivity index (χ1v) is 8.79. The monoisotopic (exact) mass is 300 g/mol. The number of benzene rings is 1. The number of hydrogen-bond acceptors (Lipinski definition) is 3. The van der Waals surface area contributed by atoms with Gasteiger partial charge in [-0.2, -0.15) is 0 Å². The van der Waals surface area contributed by atoms with E-state index in [1.54, 1.807) is 0 Å². The number of nitrogens with one attached hydrogen (secondary N) is 1. The summed E-state index contributed by atoms with van der Waals surface area (Å²) in [7, 11) is 0. The van der Waals surface area contributed by atoms with Crippen LogP contribution in [0.4, 0.5) is 0 Å². The smallest absolute Gasteiger partial charge is 0.0440 e. The van der Waals surface area contributed by atoms with E-state index >= 15 is 0 Å².